The Morgan fingerprint density at radius 1 is 1.39 bits per heavy atom. The summed E-state index contributed by atoms with van der Waals surface area (Å²) in [5, 5.41) is 8.78. The summed E-state index contributed by atoms with van der Waals surface area (Å²) in [6, 6.07) is 1.23. The third-order valence-corrected chi connectivity index (χ3v) is 2.11. The molecular formula is C11H8FN3O3. The second-order valence-electron chi connectivity index (χ2n) is 3.39. The van der Waals surface area contributed by atoms with Gasteiger partial charge in [-0.25, -0.2) is 9.78 Å². The first-order valence-electron chi connectivity index (χ1n) is 4.91. The summed E-state index contributed by atoms with van der Waals surface area (Å²) >= 11 is 0. The number of aromatic nitrogens is 3. The molecule has 0 aliphatic carbocycles. The summed E-state index contributed by atoms with van der Waals surface area (Å²) in [6.45, 7) is 1.47. The van der Waals surface area contributed by atoms with Gasteiger partial charge in [-0.1, -0.05) is 0 Å². The molecule has 0 fully saturated rings. The third-order valence-electron chi connectivity index (χ3n) is 2.11. The van der Waals surface area contributed by atoms with E-state index < -0.39 is 11.8 Å². The van der Waals surface area contributed by atoms with Crippen LogP contribution in [-0.4, -0.2) is 26.0 Å². The molecule has 0 bridgehead atoms. The molecule has 0 saturated heterocycles. The van der Waals surface area contributed by atoms with Gasteiger partial charge in [-0.05, 0) is 13.0 Å². The van der Waals surface area contributed by atoms with E-state index in [1.165, 1.54) is 19.2 Å². The fourth-order valence-electron chi connectivity index (χ4n) is 1.21. The van der Waals surface area contributed by atoms with Gasteiger partial charge in [-0.3, -0.25) is 4.98 Å². The van der Waals surface area contributed by atoms with Crippen molar-refractivity contribution in [3.63, 3.8) is 0 Å². The Bertz CT molecular complexity index is 604. The van der Waals surface area contributed by atoms with Gasteiger partial charge in [0.05, 0.1) is 17.5 Å². The molecule has 92 valence electrons. The van der Waals surface area contributed by atoms with E-state index in [1.54, 1.807) is 0 Å². The standard InChI is InChI=1S/C11H8FN3O3/c1-6-9(12)10(15-5-14-6)18-8-2-7(11(16)17)3-13-4-8/h2-5H,1H3,(H,16,17). The van der Waals surface area contributed by atoms with Crippen molar-refractivity contribution in [1.29, 1.82) is 0 Å². The van der Waals surface area contributed by atoms with Crippen LogP contribution in [0.25, 0.3) is 0 Å². The fraction of sp³-hybridized carbons (Fsp3) is 0.0909. The number of carbonyl (C=O) groups is 1. The van der Waals surface area contributed by atoms with Crippen molar-refractivity contribution >= 4 is 5.97 Å². The Morgan fingerprint density at radius 2 is 2.17 bits per heavy atom. The molecule has 2 rings (SSSR count). The van der Waals surface area contributed by atoms with Crippen LogP contribution in [0.3, 0.4) is 0 Å². The summed E-state index contributed by atoms with van der Waals surface area (Å²) in [7, 11) is 0. The zero-order valence-electron chi connectivity index (χ0n) is 9.29. The predicted octanol–water partition coefficient (Wildman–Crippen LogP) is 1.81. The number of nitrogens with zero attached hydrogens (tertiary/aromatic N) is 3. The summed E-state index contributed by atoms with van der Waals surface area (Å²) in [4.78, 5) is 21.7. The SMILES string of the molecule is Cc1ncnc(Oc2cncc(C(=O)O)c2)c1F. The number of hydrogen-bond acceptors (Lipinski definition) is 5. The van der Waals surface area contributed by atoms with Crippen LogP contribution < -0.4 is 4.74 Å². The molecule has 0 spiro atoms. The van der Waals surface area contributed by atoms with Gasteiger partial charge in [0.1, 0.15) is 12.1 Å². The van der Waals surface area contributed by atoms with Crippen LogP contribution >= 0.6 is 0 Å². The molecule has 0 amide bonds. The third kappa shape index (κ3) is 2.40. The molecule has 0 unspecified atom stereocenters. The van der Waals surface area contributed by atoms with Gasteiger partial charge in [0, 0.05) is 6.20 Å². The Hall–Kier alpha value is -2.57. The maximum Gasteiger partial charge on any atom is 0.337 e. The Labute approximate surface area is 101 Å². The molecule has 6 nitrogen and oxygen atoms in total. The molecule has 2 aromatic rings. The van der Waals surface area contributed by atoms with Crippen LogP contribution in [-0.2, 0) is 0 Å². The molecule has 0 saturated carbocycles. The normalized spacial score (nSPS) is 10.1. The minimum absolute atomic E-state index is 0.0568. The molecule has 0 atom stereocenters. The van der Waals surface area contributed by atoms with E-state index in [4.69, 9.17) is 9.84 Å². The summed E-state index contributed by atoms with van der Waals surface area (Å²) in [6.07, 6.45) is 3.59. The van der Waals surface area contributed by atoms with Crippen LogP contribution in [0.2, 0.25) is 0 Å². The summed E-state index contributed by atoms with van der Waals surface area (Å²) in [5.41, 5.74) is 0.0843. The number of carboxylic acids is 1. The number of halogens is 1. The highest BCUT2D eigenvalue weighted by Gasteiger charge is 2.11. The number of pyridine rings is 1. The van der Waals surface area contributed by atoms with E-state index in [1.807, 2.05) is 0 Å². The summed E-state index contributed by atoms with van der Waals surface area (Å²) < 4.78 is 18.7. The first-order chi connectivity index (χ1) is 8.58. The van der Waals surface area contributed by atoms with E-state index in [2.05, 4.69) is 15.0 Å². The maximum atomic E-state index is 13.6. The molecule has 0 radical (unpaired) electrons. The Morgan fingerprint density at radius 3 is 2.89 bits per heavy atom. The van der Waals surface area contributed by atoms with Gasteiger partial charge in [0.15, 0.2) is 0 Å². The first kappa shape index (κ1) is 11.9. The van der Waals surface area contributed by atoms with Gasteiger partial charge < -0.3 is 9.84 Å². The smallest absolute Gasteiger partial charge is 0.337 e. The van der Waals surface area contributed by atoms with Crippen molar-refractivity contribution in [2.24, 2.45) is 0 Å². The van der Waals surface area contributed by atoms with Crippen molar-refractivity contribution in [1.82, 2.24) is 15.0 Å². The quantitative estimate of drug-likeness (QED) is 0.892. The molecule has 18 heavy (non-hydrogen) atoms. The topological polar surface area (TPSA) is 85.2 Å². The average Bonchev–Trinajstić information content (AvgIpc) is 2.35. The van der Waals surface area contributed by atoms with Gasteiger partial charge in [-0.15, -0.1) is 0 Å². The monoisotopic (exact) mass is 249 g/mol. The van der Waals surface area contributed by atoms with E-state index >= 15 is 0 Å². The van der Waals surface area contributed by atoms with Crippen molar-refractivity contribution in [2.45, 2.75) is 6.92 Å². The zero-order chi connectivity index (χ0) is 13.1. The highest BCUT2D eigenvalue weighted by molar-refractivity contribution is 5.87. The lowest BCUT2D eigenvalue weighted by Gasteiger charge is -2.06. The van der Waals surface area contributed by atoms with Crippen molar-refractivity contribution < 1.29 is 19.0 Å². The lowest BCUT2D eigenvalue weighted by molar-refractivity contribution is 0.0696. The van der Waals surface area contributed by atoms with Gasteiger partial charge in [0.2, 0.25) is 5.82 Å². The average molecular weight is 249 g/mol. The lowest BCUT2D eigenvalue weighted by Crippen LogP contribution is -2.00. The predicted molar refractivity (Wildman–Crippen MR) is 58.0 cm³/mol. The maximum absolute atomic E-state index is 13.6. The largest absolute Gasteiger partial charge is 0.478 e. The number of carboxylic acid groups (broad SMARTS) is 1. The molecule has 2 aromatic heterocycles. The lowest BCUT2D eigenvalue weighted by atomic mass is 10.3. The van der Waals surface area contributed by atoms with Crippen LogP contribution in [0.5, 0.6) is 11.6 Å². The van der Waals surface area contributed by atoms with Crippen LogP contribution in [0, 0.1) is 12.7 Å². The van der Waals surface area contributed by atoms with Crippen molar-refractivity contribution in [2.75, 3.05) is 0 Å². The minimum atomic E-state index is -1.15. The van der Waals surface area contributed by atoms with Crippen LogP contribution in [0.1, 0.15) is 16.1 Å². The zero-order valence-corrected chi connectivity index (χ0v) is 9.29. The van der Waals surface area contributed by atoms with E-state index in [0.29, 0.717) is 0 Å². The number of rotatable bonds is 3. The number of aryl methyl sites for hydroxylation is 1. The molecule has 2 heterocycles. The van der Waals surface area contributed by atoms with Gasteiger partial charge in [-0.2, -0.15) is 9.37 Å². The number of hydrogen-bond donors (Lipinski definition) is 1. The van der Waals surface area contributed by atoms with E-state index in [9.17, 15) is 9.18 Å². The number of ether oxygens (including phenoxy) is 1. The van der Waals surface area contributed by atoms with E-state index in [0.717, 1.165) is 12.5 Å². The highest BCUT2D eigenvalue weighted by Crippen LogP contribution is 2.22. The second-order valence-corrected chi connectivity index (χ2v) is 3.39. The molecule has 7 heteroatoms. The highest BCUT2D eigenvalue weighted by atomic mass is 19.1. The second kappa shape index (κ2) is 4.74. The number of aromatic carboxylic acids is 1. The van der Waals surface area contributed by atoms with Crippen LogP contribution in [0.15, 0.2) is 24.8 Å². The van der Waals surface area contributed by atoms with E-state index in [-0.39, 0.29) is 22.9 Å². The fourth-order valence-corrected chi connectivity index (χ4v) is 1.21. The molecule has 1 N–H and O–H groups in total. The molecule has 0 aliphatic rings. The van der Waals surface area contributed by atoms with Gasteiger partial charge in [0.25, 0.3) is 5.88 Å². The minimum Gasteiger partial charge on any atom is -0.478 e. The van der Waals surface area contributed by atoms with Crippen LogP contribution in [0.4, 0.5) is 4.39 Å². The summed E-state index contributed by atoms with van der Waals surface area (Å²) in [5.74, 6) is -2.02. The van der Waals surface area contributed by atoms with Gasteiger partial charge >= 0.3 is 5.97 Å². The Balaban J connectivity index is 2.31. The first-order valence-corrected chi connectivity index (χ1v) is 4.91. The molecule has 0 aromatic carbocycles. The molecular weight excluding hydrogens is 241 g/mol. The van der Waals surface area contributed by atoms with Crippen molar-refractivity contribution in [3.8, 4) is 11.6 Å². The molecule has 0 aliphatic heterocycles. The van der Waals surface area contributed by atoms with Crippen molar-refractivity contribution in [3.05, 3.63) is 41.9 Å². The Kier molecular flexibility index (Phi) is 3.13.